The Balaban J connectivity index is 1.64. The average molecular weight is 489 g/mol. The lowest BCUT2D eigenvalue weighted by Gasteiger charge is -2.71. The number of rotatable bonds is 2. The highest BCUT2D eigenvalue weighted by molar-refractivity contribution is 5.77. The van der Waals surface area contributed by atoms with Gasteiger partial charge in [0.15, 0.2) is 0 Å². The summed E-state index contributed by atoms with van der Waals surface area (Å²) >= 11 is 0. The number of allylic oxidation sites excluding steroid dienone is 1. The van der Waals surface area contributed by atoms with Gasteiger partial charge >= 0.3 is 5.97 Å². The van der Waals surface area contributed by atoms with Gasteiger partial charge in [-0.2, -0.15) is 0 Å². The number of hydrogen-bond donors (Lipinski definition) is 4. The Kier molecular flexibility index (Phi) is 5.56. The minimum absolute atomic E-state index is 0.0115. The molecule has 5 heteroatoms. The Morgan fingerprint density at radius 3 is 2.29 bits per heavy atom. The predicted octanol–water partition coefficient (Wildman–Crippen LogP) is 5.18. The van der Waals surface area contributed by atoms with Gasteiger partial charge in [0.25, 0.3) is 0 Å². The molecule has 0 saturated heterocycles. The number of carboxylic acid groups (broad SMARTS) is 1. The second kappa shape index (κ2) is 7.57. The van der Waals surface area contributed by atoms with Gasteiger partial charge in [0, 0.05) is 11.3 Å². The van der Waals surface area contributed by atoms with E-state index in [9.17, 15) is 25.2 Å². The van der Waals surface area contributed by atoms with E-state index < -0.39 is 28.5 Å². The zero-order valence-corrected chi connectivity index (χ0v) is 22.7. The Morgan fingerprint density at radius 1 is 0.971 bits per heavy atom. The standard InChI is InChI=1S/C30H48O5/c1-18-9-14-30(24(33)34)16-15-27(4)19(23(30)29(18,6)35)7-8-21-25(2)12-11-22(32)26(3,17-31)20(25)10-13-28(21,27)5/h7,18,20-23,31-32,35H,8-17H2,1-6H3,(H,33,34)/t18-,20+,21+,22-,23+,25-,26-,27+,28+,29+,30-/m0/s1. The first-order chi connectivity index (χ1) is 16.1. The van der Waals surface area contributed by atoms with Crippen molar-refractivity contribution in [2.45, 2.75) is 111 Å². The fraction of sp³-hybridized carbons (Fsp3) is 0.900. The summed E-state index contributed by atoms with van der Waals surface area (Å²) in [4.78, 5) is 12.8. The largest absolute Gasteiger partial charge is 0.481 e. The van der Waals surface area contributed by atoms with Crippen LogP contribution < -0.4 is 0 Å². The zero-order chi connectivity index (χ0) is 25.8. The highest BCUT2D eigenvalue weighted by atomic mass is 16.4. The van der Waals surface area contributed by atoms with Gasteiger partial charge in [-0.15, -0.1) is 0 Å². The SMILES string of the molecule is C[C@H]1CC[C@]2(C(=O)O)CC[C@]3(C)C(=CC[C@@H]4[C@@]5(C)CC[C@H](O)[C@@](C)(CO)[C@@H]5CC[C@]43C)[C@@H]2[C@]1(C)O. The molecule has 0 radical (unpaired) electrons. The molecule has 0 amide bonds. The number of fused-ring (bicyclic) bond motifs is 7. The van der Waals surface area contributed by atoms with Gasteiger partial charge in [-0.1, -0.05) is 46.3 Å². The van der Waals surface area contributed by atoms with Crippen molar-refractivity contribution >= 4 is 5.97 Å². The Hall–Kier alpha value is -0.910. The summed E-state index contributed by atoms with van der Waals surface area (Å²) in [6.07, 6.45) is 9.32. The second-order valence-corrected chi connectivity index (χ2v) is 14.6. The molecule has 4 saturated carbocycles. The smallest absolute Gasteiger partial charge is 0.310 e. The van der Waals surface area contributed by atoms with Crippen LogP contribution in [0.15, 0.2) is 11.6 Å². The van der Waals surface area contributed by atoms with E-state index in [-0.39, 0.29) is 40.6 Å². The lowest BCUT2D eigenvalue weighted by molar-refractivity contribution is -0.225. The average Bonchev–Trinajstić information content (AvgIpc) is 2.79. The molecule has 0 unspecified atom stereocenters. The predicted molar refractivity (Wildman–Crippen MR) is 135 cm³/mol. The van der Waals surface area contributed by atoms with Crippen LogP contribution in [0.3, 0.4) is 0 Å². The van der Waals surface area contributed by atoms with Crippen molar-refractivity contribution in [3.8, 4) is 0 Å². The summed E-state index contributed by atoms with van der Waals surface area (Å²) in [7, 11) is 0. The third-order valence-corrected chi connectivity index (χ3v) is 13.6. The van der Waals surface area contributed by atoms with Crippen molar-refractivity contribution in [3.05, 3.63) is 11.6 Å². The molecule has 0 spiro atoms. The maximum absolute atomic E-state index is 12.8. The number of hydrogen-bond acceptors (Lipinski definition) is 4. The highest BCUT2D eigenvalue weighted by Crippen LogP contribution is 2.76. The molecule has 35 heavy (non-hydrogen) atoms. The molecule has 4 fully saturated rings. The molecule has 0 heterocycles. The first kappa shape index (κ1) is 25.7. The van der Waals surface area contributed by atoms with Crippen molar-refractivity contribution in [2.24, 2.45) is 50.7 Å². The first-order valence-corrected chi connectivity index (χ1v) is 14.1. The quantitative estimate of drug-likeness (QED) is 0.402. The molecular weight excluding hydrogens is 440 g/mol. The number of aliphatic hydroxyl groups is 3. The van der Waals surface area contributed by atoms with E-state index in [1.165, 1.54) is 5.57 Å². The van der Waals surface area contributed by atoms with Gasteiger partial charge in [0.2, 0.25) is 0 Å². The topological polar surface area (TPSA) is 98.0 Å². The summed E-state index contributed by atoms with van der Waals surface area (Å²) in [5, 5.41) is 43.8. The molecule has 198 valence electrons. The van der Waals surface area contributed by atoms with E-state index in [4.69, 9.17) is 0 Å². The maximum atomic E-state index is 12.8. The molecule has 5 rings (SSSR count). The normalized spacial score (nSPS) is 57.7. The van der Waals surface area contributed by atoms with Crippen molar-refractivity contribution in [3.63, 3.8) is 0 Å². The molecule has 0 aromatic rings. The second-order valence-electron chi connectivity index (χ2n) is 14.6. The Labute approximate surface area is 211 Å². The van der Waals surface area contributed by atoms with Crippen LogP contribution in [0, 0.1) is 50.7 Å². The molecule has 0 aliphatic heterocycles. The lowest BCUT2D eigenvalue weighted by atomic mass is 9.33. The van der Waals surface area contributed by atoms with Crippen LogP contribution in [-0.2, 0) is 4.79 Å². The fourth-order valence-corrected chi connectivity index (χ4v) is 10.9. The van der Waals surface area contributed by atoms with Crippen molar-refractivity contribution in [1.29, 1.82) is 0 Å². The molecule has 5 aliphatic rings. The number of carboxylic acids is 1. The molecule has 5 aliphatic carbocycles. The van der Waals surface area contributed by atoms with Crippen LogP contribution in [0.4, 0.5) is 0 Å². The van der Waals surface area contributed by atoms with Crippen LogP contribution >= 0.6 is 0 Å². The fourth-order valence-electron chi connectivity index (χ4n) is 10.9. The third-order valence-electron chi connectivity index (χ3n) is 13.6. The number of carbonyl (C=O) groups is 1. The highest BCUT2D eigenvalue weighted by Gasteiger charge is 2.71. The lowest BCUT2D eigenvalue weighted by Crippen LogP contribution is -2.68. The van der Waals surface area contributed by atoms with E-state index in [0.29, 0.717) is 18.8 Å². The number of aliphatic hydroxyl groups excluding tert-OH is 2. The summed E-state index contributed by atoms with van der Waals surface area (Å²) in [6.45, 7) is 13.3. The monoisotopic (exact) mass is 488 g/mol. The van der Waals surface area contributed by atoms with Gasteiger partial charge < -0.3 is 20.4 Å². The molecular formula is C30H48O5. The Bertz CT molecular complexity index is 941. The minimum Gasteiger partial charge on any atom is -0.481 e. The van der Waals surface area contributed by atoms with Crippen molar-refractivity contribution < 1.29 is 25.2 Å². The minimum atomic E-state index is -1.04. The Morgan fingerprint density at radius 2 is 1.66 bits per heavy atom. The molecule has 0 aromatic carbocycles. The third kappa shape index (κ3) is 2.90. The summed E-state index contributed by atoms with van der Waals surface area (Å²) in [6, 6.07) is 0. The van der Waals surface area contributed by atoms with Crippen LogP contribution in [0.25, 0.3) is 0 Å². The van der Waals surface area contributed by atoms with Gasteiger partial charge in [-0.25, -0.2) is 0 Å². The van der Waals surface area contributed by atoms with Crippen LogP contribution in [0.2, 0.25) is 0 Å². The molecule has 4 N–H and O–H groups in total. The van der Waals surface area contributed by atoms with Crippen LogP contribution in [0.1, 0.15) is 99.3 Å². The van der Waals surface area contributed by atoms with E-state index in [1.54, 1.807) is 0 Å². The van der Waals surface area contributed by atoms with Gasteiger partial charge in [-0.3, -0.25) is 4.79 Å². The van der Waals surface area contributed by atoms with Crippen LogP contribution in [-0.4, -0.2) is 44.7 Å². The van der Waals surface area contributed by atoms with Crippen LogP contribution in [0.5, 0.6) is 0 Å². The first-order valence-electron chi connectivity index (χ1n) is 14.1. The molecule has 5 nitrogen and oxygen atoms in total. The molecule has 0 aromatic heterocycles. The van der Waals surface area contributed by atoms with Crippen molar-refractivity contribution in [2.75, 3.05) is 6.61 Å². The van der Waals surface area contributed by atoms with Crippen molar-refractivity contribution in [1.82, 2.24) is 0 Å². The molecule has 0 bridgehead atoms. The zero-order valence-electron chi connectivity index (χ0n) is 22.7. The summed E-state index contributed by atoms with van der Waals surface area (Å²) in [5.41, 5.74) is -1.35. The van der Waals surface area contributed by atoms with E-state index in [1.807, 2.05) is 6.92 Å². The van der Waals surface area contributed by atoms with E-state index in [0.717, 1.165) is 44.9 Å². The van der Waals surface area contributed by atoms with Gasteiger partial charge in [0.05, 0.1) is 23.7 Å². The van der Waals surface area contributed by atoms with E-state index in [2.05, 4.69) is 40.7 Å². The number of aliphatic carboxylic acids is 1. The molecule has 11 atom stereocenters. The van der Waals surface area contributed by atoms with Gasteiger partial charge in [0.1, 0.15) is 0 Å². The van der Waals surface area contributed by atoms with Gasteiger partial charge in [-0.05, 0) is 98.7 Å². The summed E-state index contributed by atoms with van der Waals surface area (Å²) in [5.74, 6) is -0.356. The van der Waals surface area contributed by atoms with E-state index >= 15 is 0 Å². The maximum Gasteiger partial charge on any atom is 0.310 e. The summed E-state index contributed by atoms with van der Waals surface area (Å²) < 4.78 is 0.